The van der Waals surface area contributed by atoms with Crippen molar-refractivity contribution in [1.29, 1.82) is 0 Å². The minimum Gasteiger partial charge on any atom is -0.507 e. The number of halogens is 1. The van der Waals surface area contributed by atoms with E-state index in [1.165, 1.54) is 47.6 Å². The molecule has 5 rings (SSSR count). The molecule has 0 radical (unpaired) electrons. The number of benzene rings is 3. The number of ketones is 1. The summed E-state index contributed by atoms with van der Waals surface area (Å²) in [7, 11) is 1.27. The third-order valence-electron chi connectivity index (χ3n) is 6.23. The number of rotatable bonds is 4. The van der Waals surface area contributed by atoms with E-state index in [1.807, 2.05) is 26.0 Å². The number of aryl methyl sites for hydroxylation is 2. The lowest BCUT2D eigenvalue weighted by Crippen LogP contribution is -2.29. The Kier molecular flexibility index (Phi) is 6.08. The van der Waals surface area contributed by atoms with Gasteiger partial charge in [-0.2, -0.15) is 0 Å². The van der Waals surface area contributed by atoms with Gasteiger partial charge >= 0.3 is 11.9 Å². The number of Topliss-reactive ketones (excluding diaryl/α,β-unsaturated/α-hetero) is 1. The summed E-state index contributed by atoms with van der Waals surface area (Å²) in [5.41, 5.74) is 3.47. The number of esters is 1. The van der Waals surface area contributed by atoms with Gasteiger partial charge in [-0.1, -0.05) is 29.5 Å². The second-order valence-electron chi connectivity index (χ2n) is 8.71. The third kappa shape index (κ3) is 4.17. The van der Waals surface area contributed by atoms with E-state index in [2.05, 4.69) is 4.98 Å². The summed E-state index contributed by atoms with van der Waals surface area (Å²) >= 11 is 1.26. The van der Waals surface area contributed by atoms with Gasteiger partial charge in [0.15, 0.2) is 5.13 Å². The molecule has 3 aromatic carbocycles. The number of aliphatic hydroxyl groups excluding tert-OH is 1. The smallest absolute Gasteiger partial charge is 0.337 e. The summed E-state index contributed by atoms with van der Waals surface area (Å²) in [4.78, 5) is 44.6. The van der Waals surface area contributed by atoms with E-state index < -0.39 is 35.3 Å². The Morgan fingerprint density at radius 3 is 2.32 bits per heavy atom. The molecule has 2 heterocycles. The number of methoxy groups -OCH3 is 1. The Morgan fingerprint density at radius 2 is 1.68 bits per heavy atom. The molecule has 1 N–H and O–H groups in total. The van der Waals surface area contributed by atoms with E-state index in [0.717, 1.165) is 28.0 Å². The second-order valence-corrected chi connectivity index (χ2v) is 9.72. The molecule has 1 atom stereocenters. The van der Waals surface area contributed by atoms with Crippen LogP contribution in [0.1, 0.15) is 38.7 Å². The zero-order chi connectivity index (χ0) is 26.4. The van der Waals surface area contributed by atoms with Gasteiger partial charge < -0.3 is 9.84 Å². The topological polar surface area (TPSA) is 96.8 Å². The molecule has 1 amide bonds. The second kappa shape index (κ2) is 9.25. The minimum absolute atomic E-state index is 0.158. The van der Waals surface area contributed by atoms with Gasteiger partial charge in [-0.25, -0.2) is 14.2 Å². The van der Waals surface area contributed by atoms with Crippen molar-refractivity contribution < 1.29 is 28.6 Å². The fourth-order valence-electron chi connectivity index (χ4n) is 4.49. The Hall–Kier alpha value is -4.37. The van der Waals surface area contributed by atoms with E-state index in [0.29, 0.717) is 16.2 Å². The highest BCUT2D eigenvalue weighted by atomic mass is 32.1. The SMILES string of the molecule is COC(=O)c1ccc([C@@H]2/C(=C(\O)c3ccc(F)cc3)C(=O)C(=O)N2c2nc3c(C)cc(C)cc3s2)cc1. The van der Waals surface area contributed by atoms with Gasteiger partial charge in [-0.3, -0.25) is 14.5 Å². The van der Waals surface area contributed by atoms with Crippen LogP contribution in [-0.2, 0) is 14.3 Å². The summed E-state index contributed by atoms with van der Waals surface area (Å²) in [5, 5.41) is 11.5. The van der Waals surface area contributed by atoms with Crippen LogP contribution in [0.25, 0.3) is 16.0 Å². The number of thiazole rings is 1. The highest BCUT2D eigenvalue weighted by molar-refractivity contribution is 7.22. The molecule has 0 aliphatic carbocycles. The van der Waals surface area contributed by atoms with Gasteiger partial charge in [-0.05, 0) is 73.0 Å². The number of hydrogen-bond acceptors (Lipinski definition) is 7. The van der Waals surface area contributed by atoms with Gasteiger partial charge in [0.2, 0.25) is 0 Å². The number of ether oxygens (including phenoxy) is 1. The summed E-state index contributed by atoms with van der Waals surface area (Å²) in [6, 6.07) is 14.1. The average molecular weight is 517 g/mol. The lowest BCUT2D eigenvalue weighted by atomic mass is 9.95. The van der Waals surface area contributed by atoms with E-state index >= 15 is 0 Å². The van der Waals surface area contributed by atoms with Crippen molar-refractivity contribution in [3.05, 3.63) is 99.9 Å². The van der Waals surface area contributed by atoms with Crippen LogP contribution in [0.2, 0.25) is 0 Å². The number of hydrogen-bond donors (Lipinski definition) is 1. The molecule has 1 aliphatic rings. The largest absolute Gasteiger partial charge is 0.507 e. The molecule has 9 heteroatoms. The van der Waals surface area contributed by atoms with E-state index in [9.17, 15) is 23.9 Å². The molecule has 1 aromatic heterocycles. The fourth-order valence-corrected chi connectivity index (χ4v) is 5.66. The zero-order valence-electron chi connectivity index (χ0n) is 20.1. The molecule has 186 valence electrons. The number of carbonyl (C=O) groups excluding carboxylic acids is 3. The average Bonchev–Trinajstić information content (AvgIpc) is 3.42. The maximum absolute atomic E-state index is 13.5. The van der Waals surface area contributed by atoms with Crippen molar-refractivity contribution in [3.63, 3.8) is 0 Å². The number of amides is 1. The van der Waals surface area contributed by atoms with Crippen molar-refractivity contribution in [3.8, 4) is 0 Å². The van der Waals surface area contributed by atoms with E-state index in [1.54, 1.807) is 12.1 Å². The summed E-state index contributed by atoms with van der Waals surface area (Å²) in [6.07, 6.45) is 0. The number of nitrogens with zero attached hydrogens (tertiary/aromatic N) is 2. The maximum Gasteiger partial charge on any atom is 0.337 e. The van der Waals surface area contributed by atoms with E-state index in [4.69, 9.17) is 4.74 Å². The summed E-state index contributed by atoms with van der Waals surface area (Å²) in [5.74, 6) is -3.22. The van der Waals surface area contributed by atoms with Crippen LogP contribution < -0.4 is 4.90 Å². The first-order chi connectivity index (χ1) is 17.7. The van der Waals surface area contributed by atoms with Crippen LogP contribution in [-0.4, -0.2) is 34.9 Å². The Labute approximate surface area is 215 Å². The zero-order valence-corrected chi connectivity index (χ0v) is 20.9. The quantitative estimate of drug-likeness (QED) is 0.167. The van der Waals surface area contributed by atoms with Crippen molar-refractivity contribution in [2.24, 2.45) is 0 Å². The third-order valence-corrected chi connectivity index (χ3v) is 7.24. The van der Waals surface area contributed by atoms with Gasteiger partial charge in [0.05, 0.1) is 34.5 Å². The van der Waals surface area contributed by atoms with Crippen molar-refractivity contribution in [2.45, 2.75) is 19.9 Å². The van der Waals surface area contributed by atoms with Crippen LogP contribution in [0.4, 0.5) is 9.52 Å². The summed E-state index contributed by atoms with van der Waals surface area (Å²) in [6.45, 7) is 3.88. The maximum atomic E-state index is 13.5. The van der Waals surface area contributed by atoms with Crippen molar-refractivity contribution in [1.82, 2.24) is 4.98 Å². The molecule has 1 aliphatic heterocycles. The summed E-state index contributed by atoms with van der Waals surface area (Å²) < 4.78 is 19.1. The van der Waals surface area contributed by atoms with Gasteiger partial charge in [0.1, 0.15) is 11.6 Å². The standard InChI is InChI=1S/C28H21FN2O5S/c1-14-12-15(2)22-20(13-14)37-28(30-22)31-23(16-4-6-18(7-5-16)27(35)36-3)21(25(33)26(31)34)24(32)17-8-10-19(29)11-9-17/h4-13,23,32H,1-3H3/b24-21+/t23-/m1/s1. The molecular weight excluding hydrogens is 495 g/mol. The van der Waals surface area contributed by atoms with Gasteiger partial charge in [0.25, 0.3) is 5.78 Å². The van der Waals surface area contributed by atoms with Crippen molar-refractivity contribution >= 4 is 50.1 Å². The lowest BCUT2D eigenvalue weighted by molar-refractivity contribution is -0.132. The molecule has 1 saturated heterocycles. The van der Waals surface area contributed by atoms with Crippen LogP contribution in [0, 0.1) is 19.7 Å². The first kappa shape index (κ1) is 24.3. The van der Waals surface area contributed by atoms with Crippen molar-refractivity contribution in [2.75, 3.05) is 12.0 Å². The molecule has 1 fully saturated rings. The van der Waals surface area contributed by atoms with Crippen LogP contribution in [0.15, 0.2) is 66.2 Å². The number of fused-ring (bicyclic) bond motifs is 1. The molecule has 7 nitrogen and oxygen atoms in total. The number of aliphatic hydroxyl groups is 1. The molecule has 0 saturated carbocycles. The molecule has 4 aromatic rings. The normalized spacial score (nSPS) is 17.0. The first-order valence-corrected chi connectivity index (χ1v) is 12.1. The molecule has 0 bridgehead atoms. The van der Waals surface area contributed by atoms with E-state index in [-0.39, 0.29) is 16.7 Å². The van der Waals surface area contributed by atoms with Gasteiger partial charge in [-0.15, -0.1) is 0 Å². The Morgan fingerprint density at radius 1 is 1.03 bits per heavy atom. The van der Waals surface area contributed by atoms with Crippen LogP contribution in [0.5, 0.6) is 0 Å². The first-order valence-electron chi connectivity index (χ1n) is 11.3. The predicted molar refractivity (Wildman–Crippen MR) is 138 cm³/mol. The molecule has 37 heavy (non-hydrogen) atoms. The number of carbonyl (C=O) groups is 3. The fraction of sp³-hybridized carbons (Fsp3) is 0.143. The predicted octanol–water partition coefficient (Wildman–Crippen LogP) is 5.47. The minimum atomic E-state index is -1.03. The molecule has 0 spiro atoms. The molecular formula is C28H21FN2O5S. The highest BCUT2D eigenvalue weighted by Gasteiger charge is 2.48. The number of anilines is 1. The Balaban J connectivity index is 1.72. The lowest BCUT2D eigenvalue weighted by Gasteiger charge is -2.23. The van der Waals surface area contributed by atoms with Crippen LogP contribution in [0.3, 0.4) is 0 Å². The monoisotopic (exact) mass is 516 g/mol. The Bertz CT molecular complexity index is 1610. The molecule has 0 unspecified atom stereocenters. The number of aromatic nitrogens is 1. The highest BCUT2D eigenvalue weighted by Crippen LogP contribution is 2.44. The van der Waals surface area contributed by atoms with Gasteiger partial charge in [0, 0.05) is 5.56 Å². The van der Waals surface area contributed by atoms with Crippen LogP contribution >= 0.6 is 11.3 Å².